The van der Waals surface area contributed by atoms with E-state index in [1.54, 1.807) is 17.8 Å². The molecule has 0 aliphatic rings. The average Bonchev–Trinajstić information content (AvgIpc) is 2.87. The second kappa shape index (κ2) is 13.5. The minimum atomic E-state index is -4.40. The average molecular weight is 573 g/mol. The van der Waals surface area contributed by atoms with Gasteiger partial charge in [-0.3, -0.25) is 9.78 Å². The molecule has 208 valence electrons. The van der Waals surface area contributed by atoms with E-state index in [1.165, 1.54) is 35.9 Å². The van der Waals surface area contributed by atoms with Gasteiger partial charge in [0, 0.05) is 29.6 Å². The van der Waals surface area contributed by atoms with Crippen molar-refractivity contribution in [2.45, 2.75) is 56.6 Å². The van der Waals surface area contributed by atoms with Gasteiger partial charge in [-0.15, -0.1) is 11.8 Å². The Morgan fingerprint density at radius 1 is 1.11 bits per heavy atom. The molecule has 0 unspecified atom stereocenters. The van der Waals surface area contributed by atoms with Crippen LogP contribution in [0.1, 0.15) is 50.4 Å². The molecule has 1 aromatic carbocycles. The number of benzene rings is 1. The zero-order valence-electron chi connectivity index (χ0n) is 21.3. The van der Waals surface area contributed by atoms with Gasteiger partial charge in [0.1, 0.15) is 12.0 Å². The number of halogens is 3. The number of alkyl halides is 3. The standard InChI is InChI=1S/C26H31F3N2O5S2/c1-3-4-14-38(33,34)31(2)17-20-16-23(32)24(18-36-20)35-12-6-5-7-13-37-25-10-11-30-22-15-19(26(27,28)29)8-9-21(22)25/h8-11,15-16,18H,3-7,12-14,17H2,1-2H3. The van der Waals surface area contributed by atoms with Gasteiger partial charge in [0.25, 0.3) is 0 Å². The van der Waals surface area contributed by atoms with E-state index in [1.807, 2.05) is 6.92 Å². The van der Waals surface area contributed by atoms with Gasteiger partial charge in [0.15, 0.2) is 0 Å². The van der Waals surface area contributed by atoms with Crippen molar-refractivity contribution >= 4 is 32.7 Å². The zero-order chi connectivity index (χ0) is 27.8. The molecule has 0 aliphatic carbocycles. The summed E-state index contributed by atoms with van der Waals surface area (Å²) in [5, 5.41) is 0.689. The zero-order valence-corrected chi connectivity index (χ0v) is 22.9. The topological polar surface area (TPSA) is 89.7 Å². The van der Waals surface area contributed by atoms with Crippen molar-refractivity contribution < 1.29 is 30.7 Å². The van der Waals surface area contributed by atoms with Gasteiger partial charge in [0.05, 0.1) is 30.0 Å². The molecule has 2 heterocycles. The fraction of sp³-hybridized carbons (Fsp3) is 0.462. The number of sulfonamides is 1. The number of unbranched alkanes of at least 4 members (excludes halogenated alkanes) is 3. The molecule has 0 N–H and O–H groups in total. The molecule has 3 aromatic rings. The molecule has 0 aliphatic heterocycles. The summed E-state index contributed by atoms with van der Waals surface area (Å²) in [6, 6.07) is 6.64. The summed E-state index contributed by atoms with van der Waals surface area (Å²) in [7, 11) is -1.96. The first-order valence-corrected chi connectivity index (χ1v) is 14.9. The Morgan fingerprint density at radius 3 is 2.61 bits per heavy atom. The quantitative estimate of drug-likeness (QED) is 0.170. The minimum Gasteiger partial charge on any atom is -0.487 e. The number of rotatable bonds is 14. The number of fused-ring (bicyclic) bond motifs is 1. The summed E-state index contributed by atoms with van der Waals surface area (Å²) in [6.45, 7) is 2.20. The predicted octanol–water partition coefficient (Wildman–Crippen LogP) is 6.11. The predicted molar refractivity (Wildman–Crippen MR) is 142 cm³/mol. The first kappa shape index (κ1) is 30.0. The number of aromatic nitrogens is 1. The van der Waals surface area contributed by atoms with Crippen molar-refractivity contribution in [1.29, 1.82) is 0 Å². The van der Waals surface area contributed by atoms with Crippen molar-refractivity contribution in [2.75, 3.05) is 25.2 Å². The van der Waals surface area contributed by atoms with E-state index >= 15 is 0 Å². The summed E-state index contributed by atoms with van der Waals surface area (Å²) in [5.41, 5.74) is -0.779. The van der Waals surface area contributed by atoms with E-state index in [0.29, 0.717) is 30.4 Å². The van der Waals surface area contributed by atoms with Crippen LogP contribution < -0.4 is 10.2 Å². The van der Waals surface area contributed by atoms with Crippen molar-refractivity contribution in [3.63, 3.8) is 0 Å². The maximum atomic E-state index is 12.9. The third kappa shape index (κ3) is 8.47. The summed E-state index contributed by atoms with van der Waals surface area (Å²) < 4.78 is 75.4. The van der Waals surface area contributed by atoms with Crippen LogP contribution in [0.2, 0.25) is 0 Å². The largest absolute Gasteiger partial charge is 0.487 e. The molecule has 38 heavy (non-hydrogen) atoms. The van der Waals surface area contributed by atoms with E-state index in [-0.39, 0.29) is 29.2 Å². The Hall–Kier alpha value is -2.57. The van der Waals surface area contributed by atoms with Crippen LogP contribution in [0.5, 0.6) is 5.75 Å². The molecule has 0 radical (unpaired) electrons. The van der Waals surface area contributed by atoms with Crippen LogP contribution in [0.25, 0.3) is 10.9 Å². The van der Waals surface area contributed by atoms with Gasteiger partial charge in [0.2, 0.25) is 21.2 Å². The van der Waals surface area contributed by atoms with Gasteiger partial charge < -0.3 is 9.15 Å². The molecule has 0 saturated carbocycles. The molecular weight excluding hydrogens is 541 g/mol. The number of nitrogens with zero attached hydrogens (tertiary/aromatic N) is 2. The van der Waals surface area contributed by atoms with Crippen LogP contribution in [0, 0.1) is 0 Å². The number of thioether (sulfide) groups is 1. The lowest BCUT2D eigenvalue weighted by Gasteiger charge is -2.16. The highest BCUT2D eigenvalue weighted by Crippen LogP contribution is 2.34. The Balaban J connectivity index is 1.41. The van der Waals surface area contributed by atoms with Gasteiger partial charge in [-0.2, -0.15) is 17.5 Å². The van der Waals surface area contributed by atoms with Crippen LogP contribution in [0.15, 0.2) is 56.9 Å². The van der Waals surface area contributed by atoms with E-state index in [0.717, 1.165) is 42.0 Å². The Bertz CT molecular complexity index is 1380. The Kier molecular flexibility index (Phi) is 10.6. The molecule has 0 fully saturated rings. The first-order valence-electron chi connectivity index (χ1n) is 12.3. The van der Waals surface area contributed by atoms with Crippen LogP contribution in [0.3, 0.4) is 0 Å². The van der Waals surface area contributed by atoms with E-state index < -0.39 is 21.8 Å². The van der Waals surface area contributed by atoms with Crippen LogP contribution in [0.4, 0.5) is 13.2 Å². The molecular formula is C26H31F3N2O5S2. The summed E-state index contributed by atoms with van der Waals surface area (Å²) >= 11 is 1.56. The highest BCUT2D eigenvalue weighted by molar-refractivity contribution is 7.99. The molecule has 0 amide bonds. The number of ether oxygens (including phenoxy) is 1. The summed E-state index contributed by atoms with van der Waals surface area (Å²) in [5.74, 6) is 1.12. The highest BCUT2D eigenvalue weighted by atomic mass is 32.2. The molecule has 0 bridgehead atoms. The third-order valence-corrected chi connectivity index (χ3v) is 8.84. The monoisotopic (exact) mass is 572 g/mol. The highest BCUT2D eigenvalue weighted by Gasteiger charge is 2.30. The Labute approximate surface area is 224 Å². The van der Waals surface area contributed by atoms with Crippen LogP contribution in [-0.2, 0) is 22.7 Å². The van der Waals surface area contributed by atoms with Crippen molar-refractivity contribution in [2.24, 2.45) is 0 Å². The lowest BCUT2D eigenvalue weighted by Crippen LogP contribution is -2.29. The molecule has 0 spiro atoms. The minimum absolute atomic E-state index is 0.0323. The molecule has 7 nitrogen and oxygen atoms in total. The smallest absolute Gasteiger partial charge is 0.416 e. The third-order valence-electron chi connectivity index (χ3n) is 5.80. The number of hydrogen-bond donors (Lipinski definition) is 0. The number of hydrogen-bond acceptors (Lipinski definition) is 7. The maximum absolute atomic E-state index is 12.9. The first-order chi connectivity index (χ1) is 18.0. The van der Waals surface area contributed by atoms with E-state index in [2.05, 4.69) is 4.98 Å². The lowest BCUT2D eigenvalue weighted by molar-refractivity contribution is -0.137. The molecule has 0 atom stereocenters. The SMILES string of the molecule is CCCCS(=O)(=O)N(C)Cc1cc(=O)c(OCCCCCSc2ccnc3cc(C(F)(F)F)ccc23)co1. The fourth-order valence-electron chi connectivity index (χ4n) is 3.60. The lowest BCUT2D eigenvalue weighted by atomic mass is 10.1. The van der Waals surface area contributed by atoms with Crippen LogP contribution >= 0.6 is 11.8 Å². The molecule has 0 saturated heterocycles. The van der Waals surface area contributed by atoms with Gasteiger partial charge >= 0.3 is 6.18 Å². The molecule has 2 aromatic heterocycles. The second-order valence-corrected chi connectivity index (χ2v) is 12.1. The van der Waals surface area contributed by atoms with Crippen molar-refractivity contribution in [1.82, 2.24) is 9.29 Å². The fourth-order valence-corrected chi connectivity index (χ4v) is 5.94. The van der Waals surface area contributed by atoms with Gasteiger partial charge in [-0.1, -0.05) is 19.4 Å². The summed E-state index contributed by atoms with van der Waals surface area (Å²) in [4.78, 5) is 17.3. The maximum Gasteiger partial charge on any atom is 0.416 e. The summed E-state index contributed by atoms with van der Waals surface area (Å²) in [6.07, 6.45) is 2.03. The number of pyridine rings is 1. The normalized spacial score (nSPS) is 12.4. The molecule has 3 rings (SSSR count). The van der Waals surface area contributed by atoms with Crippen molar-refractivity contribution in [3.05, 3.63) is 64.3 Å². The molecule has 12 heteroatoms. The van der Waals surface area contributed by atoms with Crippen LogP contribution in [-0.4, -0.2) is 42.9 Å². The Morgan fingerprint density at radius 2 is 1.89 bits per heavy atom. The second-order valence-electron chi connectivity index (χ2n) is 8.80. The van der Waals surface area contributed by atoms with Gasteiger partial charge in [-0.05, 0) is 49.6 Å². The van der Waals surface area contributed by atoms with Gasteiger partial charge in [-0.25, -0.2) is 8.42 Å². The van der Waals surface area contributed by atoms with Crippen molar-refractivity contribution in [3.8, 4) is 5.75 Å². The van der Waals surface area contributed by atoms with E-state index in [4.69, 9.17) is 9.15 Å². The van der Waals surface area contributed by atoms with E-state index in [9.17, 15) is 26.4 Å².